The molecule has 156 valence electrons. The zero-order valence-electron chi connectivity index (χ0n) is 16.8. The van der Waals surface area contributed by atoms with Crippen LogP contribution in [0.2, 0.25) is 0 Å². The Morgan fingerprint density at radius 3 is 2.41 bits per heavy atom. The van der Waals surface area contributed by atoms with Crippen LogP contribution in [0.3, 0.4) is 0 Å². The molecule has 1 saturated heterocycles. The number of carbonyl (C=O) groups is 1. The molecule has 7 nitrogen and oxygen atoms in total. The Balaban J connectivity index is 1.51. The highest BCUT2D eigenvalue weighted by atomic mass is 32.2. The molecule has 2 aromatic rings. The average Bonchev–Trinajstić information content (AvgIpc) is 3.44. The SMILES string of the molecule is Cc1noc(C)c1S(=O)(=O)N1CCC(CC2CC2)(NC(=O)c2ccccc2)CC1. The summed E-state index contributed by atoms with van der Waals surface area (Å²) in [5, 5.41) is 7.05. The van der Waals surface area contributed by atoms with Gasteiger partial charge in [-0.2, -0.15) is 4.31 Å². The van der Waals surface area contributed by atoms with Crippen molar-refractivity contribution < 1.29 is 17.7 Å². The molecule has 8 heteroatoms. The van der Waals surface area contributed by atoms with Gasteiger partial charge in [0.25, 0.3) is 5.91 Å². The van der Waals surface area contributed by atoms with E-state index in [2.05, 4.69) is 10.5 Å². The first-order valence-corrected chi connectivity index (χ1v) is 11.6. The van der Waals surface area contributed by atoms with Gasteiger partial charge in [-0.05, 0) is 51.2 Å². The second kappa shape index (κ2) is 7.57. The number of hydrogen-bond acceptors (Lipinski definition) is 5. The summed E-state index contributed by atoms with van der Waals surface area (Å²) in [5.41, 5.74) is 0.655. The van der Waals surface area contributed by atoms with Crippen LogP contribution in [0.5, 0.6) is 0 Å². The van der Waals surface area contributed by atoms with Gasteiger partial charge in [0.15, 0.2) is 5.76 Å². The van der Waals surface area contributed by atoms with E-state index >= 15 is 0 Å². The lowest BCUT2D eigenvalue weighted by atomic mass is 9.83. The van der Waals surface area contributed by atoms with Crippen LogP contribution in [-0.4, -0.2) is 42.4 Å². The zero-order chi connectivity index (χ0) is 20.6. The van der Waals surface area contributed by atoms with E-state index in [-0.39, 0.29) is 16.3 Å². The van der Waals surface area contributed by atoms with Crippen LogP contribution in [0.25, 0.3) is 0 Å². The topological polar surface area (TPSA) is 92.5 Å². The second-order valence-corrected chi connectivity index (χ2v) is 10.2. The Morgan fingerprint density at radius 1 is 1.21 bits per heavy atom. The minimum absolute atomic E-state index is 0.0896. The standard InChI is InChI=1S/C21H27N3O4S/c1-15-19(16(2)28-23-15)29(26,27)24-12-10-21(11-13-24,14-17-8-9-17)22-20(25)18-6-4-3-5-7-18/h3-7,17H,8-14H2,1-2H3,(H,22,25). The molecule has 1 aromatic heterocycles. The Labute approximate surface area is 171 Å². The zero-order valence-corrected chi connectivity index (χ0v) is 17.7. The normalized spacial score (nSPS) is 19.8. The molecule has 1 aromatic carbocycles. The quantitative estimate of drug-likeness (QED) is 0.780. The van der Waals surface area contributed by atoms with Gasteiger partial charge in [0, 0.05) is 24.2 Å². The summed E-state index contributed by atoms with van der Waals surface area (Å²) in [6.45, 7) is 4.00. The first-order valence-electron chi connectivity index (χ1n) is 10.1. The monoisotopic (exact) mass is 417 g/mol. The first kappa shape index (κ1) is 20.1. The highest BCUT2D eigenvalue weighted by Crippen LogP contribution is 2.41. The van der Waals surface area contributed by atoms with Gasteiger partial charge in [0.2, 0.25) is 10.0 Å². The van der Waals surface area contributed by atoms with E-state index in [1.807, 2.05) is 18.2 Å². The largest absolute Gasteiger partial charge is 0.360 e. The summed E-state index contributed by atoms with van der Waals surface area (Å²) >= 11 is 0. The van der Waals surface area contributed by atoms with E-state index in [0.29, 0.717) is 48.9 Å². The Bertz CT molecular complexity index is 969. The van der Waals surface area contributed by atoms with Crippen LogP contribution in [-0.2, 0) is 10.0 Å². The van der Waals surface area contributed by atoms with Crippen LogP contribution in [0.1, 0.15) is 53.9 Å². The van der Waals surface area contributed by atoms with Crippen molar-refractivity contribution in [2.75, 3.05) is 13.1 Å². The molecule has 0 radical (unpaired) electrons. The third-order valence-electron chi connectivity index (χ3n) is 6.04. The van der Waals surface area contributed by atoms with Crippen molar-refractivity contribution in [1.82, 2.24) is 14.8 Å². The van der Waals surface area contributed by atoms with Crippen molar-refractivity contribution >= 4 is 15.9 Å². The summed E-state index contributed by atoms with van der Waals surface area (Å²) < 4.78 is 32.8. The minimum Gasteiger partial charge on any atom is -0.360 e. The molecule has 2 heterocycles. The summed E-state index contributed by atoms with van der Waals surface area (Å²) in [6.07, 6.45) is 4.48. The van der Waals surface area contributed by atoms with Crippen LogP contribution < -0.4 is 5.32 Å². The predicted octanol–water partition coefficient (Wildman–Crippen LogP) is 3.04. The summed E-state index contributed by atoms with van der Waals surface area (Å²) in [4.78, 5) is 13.0. The number of benzene rings is 1. The van der Waals surface area contributed by atoms with Crippen LogP contribution in [0.15, 0.2) is 39.8 Å². The molecule has 1 amide bonds. The molecule has 2 aliphatic rings. The van der Waals surface area contributed by atoms with Crippen molar-refractivity contribution in [2.45, 2.75) is 56.4 Å². The fraction of sp³-hybridized carbons (Fsp3) is 0.524. The third-order valence-corrected chi connectivity index (χ3v) is 8.18. The molecule has 0 spiro atoms. The van der Waals surface area contributed by atoms with E-state index in [1.54, 1.807) is 26.0 Å². The number of nitrogens with one attached hydrogen (secondary N) is 1. The van der Waals surface area contributed by atoms with Gasteiger partial charge in [-0.1, -0.05) is 36.2 Å². The van der Waals surface area contributed by atoms with E-state index in [0.717, 1.165) is 6.42 Å². The molecule has 29 heavy (non-hydrogen) atoms. The van der Waals surface area contributed by atoms with Gasteiger partial charge in [0.05, 0.1) is 0 Å². The molecule has 1 saturated carbocycles. The van der Waals surface area contributed by atoms with Gasteiger partial charge < -0.3 is 9.84 Å². The number of sulfonamides is 1. The fourth-order valence-corrected chi connectivity index (χ4v) is 6.02. The molecule has 0 atom stereocenters. The highest BCUT2D eigenvalue weighted by molar-refractivity contribution is 7.89. The molecule has 0 bridgehead atoms. The summed E-state index contributed by atoms with van der Waals surface area (Å²) in [5.74, 6) is 0.847. The highest BCUT2D eigenvalue weighted by Gasteiger charge is 2.43. The lowest BCUT2D eigenvalue weighted by Crippen LogP contribution is -2.56. The smallest absolute Gasteiger partial charge is 0.251 e. The Hall–Kier alpha value is -2.19. The van der Waals surface area contributed by atoms with E-state index in [1.165, 1.54) is 17.1 Å². The number of nitrogens with zero attached hydrogens (tertiary/aromatic N) is 2. The van der Waals surface area contributed by atoms with Gasteiger partial charge in [0.1, 0.15) is 10.6 Å². The van der Waals surface area contributed by atoms with Gasteiger partial charge >= 0.3 is 0 Å². The summed E-state index contributed by atoms with van der Waals surface area (Å²) in [7, 11) is -3.66. The number of rotatable bonds is 6. The number of aryl methyl sites for hydroxylation is 2. The molecule has 1 aliphatic heterocycles. The summed E-state index contributed by atoms with van der Waals surface area (Å²) in [6, 6.07) is 9.19. The van der Waals surface area contributed by atoms with Crippen LogP contribution in [0.4, 0.5) is 0 Å². The fourth-order valence-electron chi connectivity index (χ4n) is 4.28. The van der Waals surface area contributed by atoms with Crippen molar-refractivity contribution in [1.29, 1.82) is 0 Å². The maximum absolute atomic E-state index is 13.1. The average molecular weight is 418 g/mol. The van der Waals surface area contributed by atoms with E-state index in [9.17, 15) is 13.2 Å². The predicted molar refractivity (Wildman–Crippen MR) is 108 cm³/mol. The Morgan fingerprint density at radius 2 is 1.86 bits per heavy atom. The molecule has 4 rings (SSSR count). The van der Waals surface area contributed by atoms with Crippen molar-refractivity contribution in [3.63, 3.8) is 0 Å². The molecule has 0 unspecified atom stereocenters. The van der Waals surface area contributed by atoms with Crippen molar-refractivity contribution in [3.05, 3.63) is 47.3 Å². The van der Waals surface area contributed by atoms with Crippen molar-refractivity contribution in [2.24, 2.45) is 5.92 Å². The second-order valence-electron chi connectivity index (χ2n) is 8.31. The van der Waals surface area contributed by atoms with Crippen molar-refractivity contribution in [3.8, 4) is 0 Å². The van der Waals surface area contributed by atoms with E-state index in [4.69, 9.17) is 4.52 Å². The van der Waals surface area contributed by atoms with Gasteiger partial charge in [-0.15, -0.1) is 0 Å². The molecular formula is C21H27N3O4S. The van der Waals surface area contributed by atoms with Gasteiger partial charge in [-0.25, -0.2) is 8.42 Å². The molecule has 2 fully saturated rings. The number of piperidine rings is 1. The molecular weight excluding hydrogens is 390 g/mol. The number of amides is 1. The van der Waals surface area contributed by atoms with Crippen LogP contribution in [0, 0.1) is 19.8 Å². The lowest BCUT2D eigenvalue weighted by molar-refractivity contribution is 0.0837. The van der Waals surface area contributed by atoms with E-state index < -0.39 is 10.0 Å². The minimum atomic E-state index is -3.66. The third kappa shape index (κ3) is 4.09. The molecule has 1 aliphatic carbocycles. The number of carbonyl (C=O) groups excluding carboxylic acids is 1. The number of aromatic nitrogens is 1. The Kier molecular flexibility index (Phi) is 5.25. The maximum Gasteiger partial charge on any atom is 0.251 e. The number of hydrogen-bond donors (Lipinski definition) is 1. The maximum atomic E-state index is 13.1. The first-order chi connectivity index (χ1) is 13.8. The van der Waals surface area contributed by atoms with Gasteiger partial charge in [-0.3, -0.25) is 4.79 Å². The lowest BCUT2D eigenvalue weighted by Gasteiger charge is -2.42. The molecule has 1 N–H and O–H groups in total. The van der Waals surface area contributed by atoms with Crippen LogP contribution >= 0.6 is 0 Å².